The van der Waals surface area contributed by atoms with Crippen molar-refractivity contribution >= 4 is 17.9 Å². The minimum absolute atomic E-state index is 0.0302. The molecule has 8 nitrogen and oxygen atoms in total. The van der Waals surface area contributed by atoms with E-state index >= 15 is 0 Å². The van der Waals surface area contributed by atoms with Gasteiger partial charge in [-0.05, 0) is 37.1 Å². The highest BCUT2D eigenvalue weighted by Gasteiger charge is 2.61. The van der Waals surface area contributed by atoms with E-state index in [1.807, 2.05) is 30.3 Å². The minimum atomic E-state index is -1.69. The zero-order valence-electron chi connectivity index (χ0n) is 19.3. The predicted octanol–water partition coefficient (Wildman–Crippen LogP) is 3.64. The molecule has 0 saturated carbocycles. The quantitative estimate of drug-likeness (QED) is 0.355. The van der Waals surface area contributed by atoms with Crippen LogP contribution in [0.5, 0.6) is 0 Å². The largest absolute Gasteiger partial charge is 0.465 e. The Labute approximate surface area is 193 Å². The molecule has 2 atom stereocenters. The number of hydrogen-bond donors (Lipinski definition) is 0. The van der Waals surface area contributed by atoms with Crippen LogP contribution in [-0.2, 0) is 28.6 Å². The highest BCUT2D eigenvalue weighted by molar-refractivity contribution is 6.01. The lowest BCUT2D eigenvalue weighted by atomic mass is 9.70. The van der Waals surface area contributed by atoms with Crippen LogP contribution in [0.3, 0.4) is 0 Å². The molecule has 0 spiro atoms. The highest BCUT2D eigenvalue weighted by Crippen LogP contribution is 2.52. The van der Waals surface area contributed by atoms with E-state index in [4.69, 9.17) is 19.0 Å². The molecule has 1 fully saturated rings. The van der Waals surface area contributed by atoms with Crippen LogP contribution in [0.4, 0.5) is 0 Å². The molecule has 2 aromatic carbocycles. The number of methoxy groups -OCH3 is 1. The van der Waals surface area contributed by atoms with Crippen LogP contribution in [0, 0.1) is 5.41 Å². The molecule has 1 saturated heterocycles. The van der Waals surface area contributed by atoms with Crippen molar-refractivity contribution in [3.05, 3.63) is 71.3 Å². The molecule has 1 aliphatic heterocycles. The van der Waals surface area contributed by atoms with Gasteiger partial charge in [0.15, 0.2) is 5.41 Å². The van der Waals surface area contributed by atoms with Crippen molar-refractivity contribution in [3.8, 4) is 0 Å². The Bertz CT molecular complexity index is 956. The second kappa shape index (κ2) is 10.6. The number of benzene rings is 2. The predicted molar refractivity (Wildman–Crippen MR) is 119 cm³/mol. The molecule has 0 radical (unpaired) electrons. The van der Waals surface area contributed by atoms with Crippen molar-refractivity contribution in [2.24, 2.45) is 5.41 Å². The van der Waals surface area contributed by atoms with Gasteiger partial charge in [0, 0.05) is 13.5 Å². The average Bonchev–Trinajstić information content (AvgIpc) is 2.84. The van der Waals surface area contributed by atoms with E-state index in [1.165, 1.54) is 12.2 Å². The van der Waals surface area contributed by atoms with E-state index in [0.29, 0.717) is 11.1 Å². The monoisotopic (exact) mass is 455 g/mol. The molecular weight excluding hydrogens is 426 g/mol. The summed E-state index contributed by atoms with van der Waals surface area (Å²) in [6.07, 6.45) is -0.543. The van der Waals surface area contributed by atoms with Gasteiger partial charge in [-0.3, -0.25) is 14.4 Å². The normalized spacial score (nSPS) is 20.0. The van der Waals surface area contributed by atoms with Crippen LogP contribution >= 0.6 is 0 Å². The van der Waals surface area contributed by atoms with Crippen molar-refractivity contribution in [3.63, 3.8) is 0 Å². The third kappa shape index (κ3) is 4.77. The molecule has 0 bridgehead atoms. The molecule has 1 heterocycles. The lowest BCUT2D eigenvalue weighted by Gasteiger charge is -2.47. The standard InChI is InChI=1S/C25H29NO7/c1-5-31-23(28)25(24(29)32-6-2)16-20(17-10-8-7-9-11-17)33-26(3)21(25)18-12-14-19(15-13-18)22(27)30-4/h7-15,20-21H,5-6,16H2,1-4H3/t20-,21-/m1/s1. The Hall–Kier alpha value is -3.23. The van der Waals surface area contributed by atoms with Gasteiger partial charge in [0.2, 0.25) is 0 Å². The third-order valence-electron chi connectivity index (χ3n) is 5.73. The van der Waals surface area contributed by atoms with Gasteiger partial charge in [0.1, 0.15) is 6.10 Å². The minimum Gasteiger partial charge on any atom is -0.465 e. The molecule has 8 heteroatoms. The smallest absolute Gasteiger partial charge is 0.337 e. The molecule has 0 N–H and O–H groups in total. The molecule has 176 valence electrons. The molecule has 1 aliphatic rings. The van der Waals surface area contributed by atoms with Gasteiger partial charge in [0.05, 0.1) is 31.9 Å². The summed E-state index contributed by atoms with van der Waals surface area (Å²) in [5, 5.41) is 1.50. The van der Waals surface area contributed by atoms with Gasteiger partial charge in [-0.2, -0.15) is 5.06 Å². The fourth-order valence-electron chi connectivity index (χ4n) is 4.27. The molecular formula is C25H29NO7. The van der Waals surface area contributed by atoms with Crippen molar-refractivity contribution in [1.82, 2.24) is 5.06 Å². The van der Waals surface area contributed by atoms with E-state index < -0.39 is 35.5 Å². The Morgan fingerprint density at radius 3 is 2.03 bits per heavy atom. The molecule has 0 unspecified atom stereocenters. The second-order valence-electron chi connectivity index (χ2n) is 7.68. The van der Waals surface area contributed by atoms with Crippen LogP contribution in [0.25, 0.3) is 0 Å². The molecule has 33 heavy (non-hydrogen) atoms. The summed E-state index contributed by atoms with van der Waals surface area (Å²) in [6.45, 7) is 3.59. The summed E-state index contributed by atoms with van der Waals surface area (Å²) in [5.41, 5.74) is 0.0759. The molecule has 3 rings (SSSR count). The van der Waals surface area contributed by atoms with Crippen LogP contribution < -0.4 is 0 Å². The zero-order valence-corrected chi connectivity index (χ0v) is 19.3. The van der Waals surface area contributed by atoms with Crippen molar-refractivity contribution in [2.75, 3.05) is 27.4 Å². The Balaban J connectivity index is 2.14. The van der Waals surface area contributed by atoms with Gasteiger partial charge in [-0.25, -0.2) is 4.79 Å². The summed E-state index contributed by atoms with van der Waals surface area (Å²) >= 11 is 0. The second-order valence-corrected chi connectivity index (χ2v) is 7.68. The number of hydroxylamine groups is 2. The first-order valence-corrected chi connectivity index (χ1v) is 10.9. The first-order chi connectivity index (χ1) is 15.9. The van der Waals surface area contributed by atoms with Crippen LogP contribution in [0.2, 0.25) is 0 Å². The molecule has 0 amide bonds. The maximum absolute atomic E-state index is 13.5. The number of rotatable bonds is 7. The number of ether oxygens (including phenoxy) is 3. The number of esters is 3. The number of hydrogen-bond acceptors (Lipinski definition) is 8. The van der Waals surface area contributed by atoms with Gasteiger partial charge >= 0.3 is 17.9 Å². The fourth-order valence-corrected chi connectivity index (χ4v) is 4.27. The summed E-state index contributed by atoms with van der Waals surface area (Å²) in [4.78, 5) is 45.0. The van der Waals surface area contributed by atoms with Crippen LogP contribution in [0.1, 0.15) is 53.9 Å². The van der Waals surface area contributed by atoms with Gasteiger partial charge in [0.25, 0.3) is 0 Å². The van der Waals surface area contributed by atoms with E-state index in [1.54, 1.807) is 45.2 Å². The first kappa shape index (κ1) is 24.4. The summed E-state index contributed by atoms with van der Waals surface area (Å²) in [6, 6.07) is 15.0. The SMILES string of the molecule is CCOC(=O)C1(C(=O)OCC)C[C@H](c2ccccc2)ON(C)[C@@H]1c1ccc(C(=O)OC)cc1. The van der Waals surface area contributed by atoms with Gasteiger partial charge in [-0.1, -0.05) is 42.5 Å². The lowest BCUT2D eigenvalue weighted by molar-refractivity contribution is -0.278. The van der Waals surface area contributed by atoms with Crippen molar-refractivity contribution in [2.45, 2.75) is 32.4 Å². The van der Waals surface area contributed by atoms with Gasteiger partial charge in [-0.15, -0.1) is 0 Å². The van der Waals surface area contributed by atoms with E-state index in [-0.39, 0.29) is 19.6 Å². The summed E-state index contributed by atoms with van der Waals surface area (Å²) in [7, 11) is 2.97. The lowest BCUT2D eigenvalue weighted by Crippen LogP contribution is -2.56. The number of carbonyl (C=O) groups is 3. The maximum atomic E-state index is 13.5. The average molecular weight is 456 g/mol. The summed E-state index contributed by atoms with van der Waals surface area (Å²) in [5.74, 6) is -1.84. The molecule has 2 aromatic rings. The van der Waals surface area contributed by atoms with Crippen LogP contribution in [-0.4, -0.2) is 50.3 Å². The van der Waals surface area contributed by atoms with Gasteiger partial charge < -0.3 is 14.2 Å². The topological polar surface area (TPSA) is 91.4 Å². The van der Waals surface area contributed by atoms with Crippen molar-refractivity contribution < 1.29 is 33.4 Å². The third-order valence-corrected chi connectivity index (χ3v) is 5.73. The Morgan fingerprint density at radius 2 is 1.52 bits per heavy atom. The Morgan fingerprint density at radius 1 is 0.939 bits per heavy atom. The number of nitrogens with zero attached hydrogens (tertiary/aromatic N) is 1. The van der Waals surface area contributed by atoms with Crippen LogP contribution in [0.15, 0.2) is 54.6 Å². The molecule has 0 aliphatic carbocycles. The van der Waals surface area contributed by atoms with E-state index in [0.717, 1.165) is 5.56 Å². The summed E-state index contributed by atoms with van der Waals surface area (Å²) < 4.78 is 15.6. The van der Waals surface area contributed by atoms with E-state index in [2.05, 4.69) is 0 Å². The maximum Gasteiger partial charge on any atom is 0.337 e. The Kier molecular flexibility index (Phi) is 7.84. The first-order valence-electron chi connectivity index (χ1n) is 10.9. The highest BCUT2D eigenvalue weighted by atomic mass is 16.7. The molecule has 0 aromatic heterocycles. The fraction of sp³-hybridized carbons (Fsp3) is 0.400. The van der Waals surface area contributed by atoms with E-state index in [9.17, 15) is 14.4 Å². The zero-order chi connectivity index (χ0) is 24.0. The van der Waals surface area contributed by atoms with Crippen molar-refractivity contribution in [1.29, 1.82) is 0 Å². The number of carbonyl (C=O) groups excluding carboxylic acids is 3.